The number of cyclic esters (lactones) is 1. The Labute approximate surface area is 245 Å². The highest BCUT2D eigenvalue weighted by Crippen LogP contribution is 2.53. The highest BCUT2D eigenvalue weighted by atomic mass is 16.6. The second-order valence-corrected chi connectivity index (χ2v) is 10.1. The van der Waals surface area contributed by atoms with Crippen molar-refractivity contribution in [3.8, 4) is 11.5 Å². The van der Waals surface area contributed by atoms with Gasteiger partial charge in [-0.25, -0.2) is 9.59 Å². The number of nitrogens with one attached hydrogen (secondary N) is 1. The molecule has 0 saturated carbocycles. The Morgan fingerprint density at radius 3 is 2.31 bits per heavy atom. The largest absolute Gasteiger partial charge is 0.507 e. The molecule has 0 radical (unpaired) electrons. The molecule has 1 aliphatic heterocycles. The van der Waals surface area contributed by atoms with Crippen LogP contribution in [-0.2, 0) is 10.3 Å². The van der Waals surface area contributed by atoms with Gasteiger partial charge in [0, 0.05) is 52.9 Å². The van der Waals surface area contributed by atoms with Crippen LogP contribution < -0.4 is 15.0 Å². The standard InChI is InChI=1S/C34H34N2O6/c1-5-36(6-2)24-14-16-26(30(37)19-24)34(27-18-22(32(38)39)13-15-25(27)33(40)42-34)28-20-29(21(4)17-31(28)41-7-3)35-23-11-9-8-10-12-23/h8-20,35,37H,5-7H2,1-4H3,(H,38,39). The van der Waals surface area contributed by atoms with E-state index in [9.17, 15) is 19.8 Å². The van der Waals surface area contributed by atoms with Crippen molar-refractivity contribution >= 4 is 29.0 Å². The van der Waals surface area contributed by atoms with Crippen LogP contribution >= 0.6 is 0 Å². The Hall–Kier alpha value is -4.98. The number of rotatable bonds is 10. The maximum Gasteiger partial charge on any atom is 0.340 e. The summed E-state index contributed by atoms with van der Waals surface area (Å²) in [6.45, 7) is 9.66. The summed E-state index contributed by atoms with van der Waals surface area (Å²) in [6.07, 6.45) is 0. The SMILES string of the molecule is CCOc1cc(C)c(Nc2ccccc2)cc1C1(c2ccc(N(CC)CC)cc2O)OC(=O)c2ccc(C(=O)O)cc21. The Kier molecular flexibility index (Phi) is 7.81. The molecule has 0 aromatic heterocycles. The lowest BCUT2D eigenvalue weighted by molar-refractivity contribution is 0.0238. The first-order valence-corrected chi connectivity index (χ1v) is 14.0. The third-order valence-corrected chi connectivity index (χ3v) is 7.66. The van der Waals surface area contributed by atoms with Crippen LogP contribution in [0.2, 0.25) is 0 Å². The smallest absolute Gasteiger partial charge is 0.340 e. The number of fused-ring (bicyclic) bond motifs is 1. The molecule has 1 heterocycles. The van der Waals surface area contributed by atoms with Gasteiger partial charge in [-0.3, -0.25) is 0 Å². The predicted molar refractivity (Wildman–Crippen MR) is 162 cm³/mol. The van der Waals surface area contributed by atoms with Crippen LogP contribution in [0.25, 0.3) is 0 Å². The average Bonchev–Trinajstić information content (AvgIpc) is 3.27. The zero-order chi connectivity index (χ0) is 30.0. The van der Waals surface area contributed by atoms with E-state index in [1.165, 1.54) is 18.2 Å². The van der Waals surface area contributed by atoms with Crippen LogP contribution in [0, 0.1) is 6.92 Å². The zero-order valence-corrected chi connectivity index (χ0v) is 24.1. The molecule has 4 aromatic carbocycles. The summed E-state index contributed by atoms with van der Waals surface area (Å²) in [5, 5.41) is 24.9. The lowest BCUT2D eigenvalue weighted by Crippen LogP contribution is -2.31. The van der Waals surface area contributed by atoms with Crippen molar-refractivity contribution in [1.29, 1.82) is 0 Å². The van der Waals surface area contributed by atoms with Gasteiger partial charge in [0.25, 0.3) is 0 Å². The molecule has 216 valence electrons. The summed E-state index contributed by atoms with van der Waals surface area (Å²) >= 11 is 0. The number of nitrogens with zero attached hydrogens (tertiary/aromatic N) is 1. The molecule has 0 bridgehead atoms. The van der Waals surface area contributed by atoms with Gasteiger partial charge in [0.2, 0.25) is 0 Å². The molecule has 1 aliphatic rings. The van der Waals surface area contributed by atoms with Gasteiger partial charge >= 0.3 is 11.9 Å². The van der Waals surface area contributed by atoms with Crippen molar-refractivity contribution in [2.24, 2.45) is 0 Å². The number of para-hydroxylation sites is 1. The number of phenols is 1. The van der Waals surface area contributed by atoms with Crippen molar-refractivity contribution < 1.29 is 29.3 Å². The van der Waals surface area contributed by atoms with Gasteiger partial charge in [-0.1, -0.05) is 18.2 Å². The Bertz CT molecular complexity index is 1650. The van der Waals surface area contributed by atoms with E-state index in [1.807, 2.05) is 76.2 Å². The average molecular weight is 567 g/mol. The number of hydrogen-bond acceptors (Lipinski definition) is 7. The maximum absolute atomic E-state index is 13.5. The minimum Gasteiger partial charge on any atom is -0.507 e. The van der Waals surface area contributed by atoms with Gasteiger partial charge in [0.1, 0.15) is 11.5 Å². The topological polar surface area (TPSA) is 108 Å². The van der Waals surface area contributed by atoms with Gasteiger partial charge in [0.05, 0.1) is 17.7 Å². The van der Waals surface area contributed by atoms with Crippen molar-refractivity contribution in [3.63, 3.8) is 0 Å². The summed E-state index contributed by atoms with van der Waals surface area (Å²) in [6, 6.07) is 22.9. The number of hydrogen-bond donors (Lipinski definition) is 3. The molecule has 8 nitrogen and oxygen atoms in total. The number of esters is 1. The molecule has 5 rings (SSSR count). The normalized spacial score (nSPS) is 15.6. The lowest BCUT2D eigenvalue weighted by Gasteiger charge is -2.33. The minimum absolute atomic E-state index is 0.0108. The van der Waals surface area contributed by atoms with E-state index in [4.69, 9.17) is 9.47 Å². The number of aromatic hydroxyl groups is 1. The number of carbonyl (C=O) groups is 2. The van der Waals surface area contributed by atoms with Crippen molar-refractivity contribution in [3.05, 3.63) is 112 Å². The van der Waals surface area contributed by atoms with Crippen molar-refractivity contribution in [2.45, 2.75) is 33.3 Å². The van der Waals surface area contributed by atoms with Gasteiger partial charge < -0.3 is 29.9 Å². The van der Waals surface area contributed by atoms with Crippen LogP contribution in [0.15, 0.2) is 78.9 Å². The number of carboxylic acid groups (broad SMARTS) is 1. The van der Waals surface area contributed by atoms with Crippen LogP contribution in [0.5, 0.6) is 11.5 Å². The van der Waals surface area contributed by atoms with Crippen LogP contribution in [-0.4, -0.2) is 41.8 Å². The number of benzene rings is 4. The molecule has 8 heteroatoms. The summed E-state index contributed by atoms with van der Waals surface area (Å²) in [5.41, 5.74) is 2.84. The number of carboxylic acids is 1. The molecule has 0 aliphatic carbocycles. The van der Waals surface area contributed by atoms with Crippen molar-refractivity contribution in [1.82, 2.24) is 0 Å². The van der Waals surface area contributed by atoms with E-state index in [1.54, 1.807) is 12.1 Å². The quantitative estimate of drug-likeness (QED) is 0.179. The Balaban J connectivity index is 1.84. The monoisotopic (exact) mass is 566 g/mol. The first-order valence-electron chi connectivity index (χ1n) is 14.0. The highest BCUT2D eigenvalue weighted by Gasteiger charge is 2.52. The molecule has 1 atom stereocenters. The second-order valence-electron chi connectivity index (χ2n) is 10.1. The van der Waals surface area contributed by atoms with E-state index in [-0.39, 0.29) is 16.9 Å². The fourth-order valence-corrected chi connectivity index (χ4v) is 5.59. The molecular formula is C34H34N2O6. The van der Waals surface area contributed by atoms with E-state index in [2.05, 4.69) is 10.2 Å². The van der Waals surface area contributed by atoms with Gasteiger partial charge in [-0.05, 0) is 87.9 Å². The molecule has 0 saturated heterocycles. The molecule has 0 spiro atoms. The highest BCUT2D eigenvalue weighted by molar-refractivity contribution is 5.99. The zero-order valence-electron chi connectivity index (χ0n) is 24.1. The number of aryl methyl sites for hydroxylation is 1. The maximum atomic E-state index is 13.5. The van der Waals surface area contributed by atoms with E-state index in [0.717, 1.165) is 35.7 Å². The summed E-state index contributed by atoms with van der Waals surface area (Å²) in [5.74, 6) is -1.43. The molecule has 3 N–H and O–H groups in total. The Morgan fingerprint density at radius 1 is 0.929 bits per heavy atom. The molecular weight excluding hydrogens is 532 g/mol. The van der Waals surface area contributed by atoms with E-state index < -0.39 is 17.5 Å². The predicted octanol–water partition coefficient (Wildman–Crippen LogP) is 6.85. The molecule has 4 aromatic rings. The summed E-state index contributed by atoms with van der Waals surface area (Å²) in [4.78, 5) is 27.6. The fraction of sp³-hybridized carbons (Fsp3) is 0.235. The molecule has 0 fully saturated rings. The summed E-state index contributed by atoms with van der Waals surface area (Å²) in [7, 11) is 0. The first kappa shape index (κ1) is 28.5. The third-order valence-electron chi connectivity index (χ3n) is 7.66. The number of ether oxygens (including phenoxy) is 2. The van der Waals surface area contributed by atoms with Gasteiger partial charge in [0.15, 0.2) is 5.60 Å². The minimum atomic E-state index is -1.70. The number of aromatic carboxylic acids is 1. The fourth-order valence-electron chi connectivity index (χ4n) is 5.59. The van der Waals surface area contributed by atoms with Crippen LogP contribution in [0.4, 0.5) is 17.1 Å². The van der Waals surface area contributed by atoms with Crippen LogP contribution in [0.3, 0.4) is 0 Å². The first-order chi connectivity index (χ1) is 20.2. The number of phenolic OH excluding ortho intramolecular Hbond substituents is 1. The number of anilines is 3. The third kappa shape index (κ3) is 4.89. The van der Waals surface area contributed by atoms with Crippen molar-refractivity contribution in [2.75, 3.05) is 29.9 Å². The van der Waals surface area contributed by atoms with Crippen LogP contribution in [0.1, 0.15) is 63.7 Å². The summed E-state index contributed by atoms with van der Waals surface area (Å²) < 4.78 is 12.4. The molecule has 42 heavy (non-hydrogen) atoms. The van der Waals surface area contributed by atoms with Gasteiger partial charge in [-0.15, -0.1) is 0 Å². The van der Waals surface area contributed by atoms with Gasteiger partial charge in [-0.2, -0.15) is 0 Å². The second kappa shape index (κ2) is 11.5. The Morgan fingerprint density at radius 2 is 1.67 bits per heavy atom. The molecule has 1 unspecified atom stereocenters. The van der Waals surface area contributed by atoms with E-state index in [0.29, 0.717) is 29.0 Å². The number of carbonyl (C=O) groups excluding carboxylic acids is 1. The molecule has 0 amide bonds. The van der Waals surface area contributed by atoms with E-state index >= 15 is 0 Å². The lowest BCUT2D eigenvalue weighted by atomic mass is 9.77.